The van der Waals surface area contributed by atoms with Gasteiger partial charge >= 0.3 is 5.97 Å². The fourth-order valence-corrected chi connectivity index (χ4v) is 1.52. The molecule has 0 aliphatic carbocycles. The van der Waals surface area contributed by atoms with Crippen molar-refractivity contribution in [3.8, 4) is 0 Å². The quantitative estimate of drug-likeness (QED) is 0.769. The molecule has 1 rings (SSSR count). The van der Waals surface area contributed by atoms with Gasteiger partial charge in [-0.15, -0.1) is 0 Å². The molecule has 86 valence electrons. The van der Waals surface area contributed by atoms with Gasteiger partial charge in [0.1, 0.15) is 11.8 Å². The molecule has 3 N–H and O–H groups in total. The van der Waals surface area contributed by atoms with E-state index in [1.54, 1.807) is 6.07 Å². The number of hydrogen-bond acceptors (Lipinski definition) is 3. The highest BCUT2D eigenvalue weighted by atomic mass is 16.4. The Bertz CT molecular complexity index is 401. The first-order valence-corrected chi connectivity index (χ1v) is 5.05. The van der Waals surface area contributed by atoms with Crippen LogP contribution in [0.5, 0.6) is 0 Å². The molecule has 4 nitrogen and oxygen atoms in total. The molecular formula is C12H15NO3. The summed E-state index contributed by atoms with van der Waals surface area (Å²) in [7, 11) is 0. The van der Waals surface area contributed by atoms with Crippen LogP contribution in [0.3, 0.4) is 0 Å². The molecule has 1 aromatic rings. The minimum absolute atomic E-state index is 0.0522. The SMILES string of the molecule is CC(=O)Cc1ccccc1C[C@H](N)C(=O)O. The van der Waals surface area contributed by atoms with Crippen LogP contribution in [-0.2, 0) is 22.4 Å². The molecule has 0 bridgehead atoms. The maximum atomic E-state index is 11.0. The summed E-state index contributed by atoms with van der Waals surface area (Å²) < 4.78 is 0. The largest absolute Gasteiger partial charge is 0.480 e. The minimum atomic E-state index is -1.03. The third kappa shape index (κ3) is 3.47. The molecule has 0 aliphatic heterocycles. The van der Waals surface area contributed by atoms with E-state index in [-0.39, 0.29) is 12.2 Å². The zero-order valence-corrected chi connectivity index (χ0v) is 9.14. The average Bonchev–Trinajstić information content (AvgIpc) is 2.20. The lowest BCUT2D eigenvalue weighted by molar-refractivity contribution is -0.138. The first kappa shape index (κ1) is 12.4. The summed E-state index contributed by atoms with van der Waals surface area (Å²) in [5.41, 5.74) is 7.14. The number of ketones is 1. The topological polar surface area (TPSA) is 80.4 Å². The second-order valence-electron chi connectivity index (χ2n) is 3.80. The van der Waals surface area contributed by atoms with E-state index in [1.807, 2.05) is 18.2 Å². The van der Waals surface area contributed by atoms with Crippen molar-refractivity contribution in [3.63, 3.8) is 0 Å². The first-order valence-electron chi connectivity index (χ1n) is 5.05. The van der Waals surface area contributed by atoms with Gasteiger partial charge in [-0.1, -0.05) is 24.3 Å². The number of benzene rings is 1. The van der Waals surface area contributed by atoms with Gasteiger partial charge in [-0.25, -0.2) is 0 Å². The van der Waals surface area contributed by atoms with Crippen molar-refractivity contribution < 1.29 is 14.7 Å². The number of rotatable bonds is 5. The van der Waals surface area contributed by atoms with Crippen molar-refractivity contribution in [1.82, 2.24) is 0 Å². The molecule has 0 radical (unpaired) electrons. The molecule has 0 aliphatic rings. The van der Waals surface area contributed by atoms with Crippen LogP contribution in [0.2, 0.25) is 0 Å². The fraction of sp³-hybridized carbons (Fsp3) is 0.333. The van der Waals surface area contributed by atoms with Gasteiger partial charge in [0.15, 0.2) is 0 Å². The summed E-state index contributed by atoms with van der Waals surface area (Å²) in [5.74, 6) is -0.978. The molecule has 4 heteroatoms. The number of carboxylic acid groups (broad SMARTS) is 1. The average molecular weight is 221 g/mol. The van der Waals surface area contributed by atoms with E-state index in [1.165, 1.54) is 6.92 Å². The van der Waals surface area contributed by atoms with Gasteiger partial charge in [0.05, 0.1) is 0 Å². The molecule has 0 saturated carbocycles. The van der Waals surface area contributed by atoms with E-state index in [4.69, 9.17) is 10.8 Å². The summed E-state index contributed by atoms with van der Waals surface area (Å²) in [6, 6.07) is 6.35. The van der Waals surface area contributed by atoms with Crippen LogP contribution in [0.1, 0.15) is 18.1 Å². The standard InChI is InChI=1S/C12H15NO3/c1-8(14)6-9-4-2-3-5-10(9)7-11(13)12(15)16/h2-5,11H,6-7,13H2,1H3,(H,15,16)/t11-/m0/s1. The number of carbonyl (C=O) groups is 2. The van der Waals surface area contributed by atoms with Crippen molar-refractivity contribution in [2.75, 3.05) is 0 Å². The molecule has 0 aromatic heterocycles. The van der Waals surface area contributed by atoms with E-state index >= 15 is 0 Å². The van der Waals surface area contributed by atoms with Gasteiger partial charge in [0.25, 0.3) is 0 Å². The molecule has 0 saturated heterocycles. The third-order valence-corrected chi connectivity index (χ3v) is 2.31. The third-order valence-electron chi connectivity index (χ3n) is 2.31. The monoisotopic (exact) mass is 221 g/mol. The van der Waals surface area contributed by atoms with Crippen LogP contribution in [0, 0.1) is 0 Å². The predicted octanol–water partition coefficient (Wildman–Crippen LogP) is 0.772. The Morgan fingerprint density at radius 3 is 2.38 bits per heavy atom. The summed E-state index contributed by atoms with van der Waals surface area (Å²) in [6.45, 7) is 1.51. The minimum Gasteiger partial charge on any atom is -0.480 e. The lowest BCUT2D eigenvalue weighted by Crippen LogP contribution is -2.32. The molecule has 0 fully saturated rings. The van der Waals surface area contributed by atoms with Gasteiger partial charge in [-0.05, 0) is 24.5 Å². The van der Waals surface area contributed by atoms with Gasteiger partial charge < -0.3 is 10.8 Å². The van der Waals surface area contributed by atoms with Crippen LogP contribution in [0.4, 0.5) is 0 Å². The Labute approximate surface area is 94.1 Å². The maximum Gasteiger partial charge on any atom is 0.320 e. The van der Waals surface area contributed by atoms with E-state index in [2.05, 4.69) is 0 Å². The lowest BCUT2D eigenvalue weighted by atomic mass is 9.97. The number of nitrogens with two attached hydrogens (primary N) is 1. The van der Waals surface area contributed by atoms with Crippen molar-refractivity contribution in [1.29, 1.82) is 0 Å². The molecular weight excluding hydrogens is 206 g/mol. The first-order chi connectivity index (χ1) is 7.50. The molecule has 0 unspecified atom stereocenters. The van der Waals surface area contributed by atoms with Crippen LogP contribution < -0.4 is 5.73 Å². The van der Waals surface area contributed by atoms with Gasteiger partial charge in [-0.2, -0.15) is 0 Å². The maximum absolute atomic E-state index is 11.0. The van der Waals surface area contributed by atoms with E-state index in [9.17, 15) is 9.59 Å². The molecule has 0 spiro atoms. The van der Waals surface area contributed by atoms with E-state index < -0.39 is 12.0 Å². The molecule has 0 heterocycles. The molecule has 1 atom stereocenters. The number of carbonyl (C=O) groups excluding carboxylic acids is 1. The Morgan fingerprint density at radius 1 is 1.31 bits per heavy atom. The molecule has 0 amide bonds. The smallest absolute Gasteiger partial charge is 0.320 e. The zero-order chi connectivity index (χ0) is 12.1. The number of Topliss-reactive ketones (excluding diaryl/α,β-unsaturated/α-hetero) is 1. The second kappa shape index (κ2) is 5.42. The summed E-state index contributed by atoms with van der Waals surface area (Å²) >= 11 is 0. The Morgan fingerprint density at radius 2 is 1.88 bits per heavy atom. The van der Waals surface area contributed by atoms with Crippen LogP contribution in [-0.4, -0.2) is 22.9 Å². The van der Waals surface area contributed by atoms with Crippen LogP contribution in [0.15, 0.2) is 24.3 Å². The second-order valence-corrected chi connectivity index (χ2v) is 3.80. The summed E-state index contributed by atoms with van der Waals surface area (Å²) in [6.07, 6.45) is 0.571. The van der Waals surface area contributed by atoms with Crippen molar-refractivity contribution >= 4 is 11.8 Å². The Hall–Kier alpha value is -1.68. The summed E-state index contributed by atoms with van der Waals surface area (Å²) in [4.78, 5) is 21.7. The highest BCUT2D eigenvalue weighted by Crippen LogP contribution is 2.12. The predicted molar refractivity (Wildman–Crippen MR) is 60.1 cm³/mol. The zero-order valence-electron chi connectivity index (χ0n) is 9.14. The van der Waals surface area contributed by atoms with Gasteiger partial charge in [0.2, 0.25) is 0 Å². The van der Waals surface area contributed by atoms with Crippen molar-refractivity contribution in [2.24, 2.45) is 5.73 Å². The number of aliphatic carboxylic acids is 1. The van der Waals surface area contributed by atoms with E-state index in [0.717, 1.165) is 11.1 Å². The molecule has 1 aromatic carbocycles. The highest BCUT2D eigenvalue weighted by molar-refractivity contribution is 5.79. The molecule has 16 heavy (non-hydrogen) atoms. The summed E-state index contributed by atoms with van der Waals surface area (Å²) in [5, 5.41) is 8.72. The number of carboxylic acids is 1. The van der Waals surface area contributed by atoms with E-state index in [0.29, 0.717) is 6.42 Å². The van der Waals surface area contributed by atoms with Gasteiger partial charge in [-0.3, -0.25) is 9.59 Å². The van der Waals surface area contributed by atoms with Crippen molar-refractivity contribution in [2.45, 2.75) is 25.8 Å². The number of hydrogen-bond donors (Lipinski definition) is 2. The van der Waals surface area contributed by atoms with Crippen molar-refractivity contribution in [3.05, 3.63) is 35.4 Å². The fourth-order valence-electron chi connectivity index (χ4n) is 1.52. The highest BCUT2D eigenvalue weighted by Gasteiger charge is 2.14. The normalized spacial score (nSPS) is 12.1. The lowest BCUT2D eigenvalue weighted by Gasteiger charge is -2.10. The Balaban J connectivity index is 2.86. The Kier molecular flexibility index (Phi) is 4.19. The van der Waals surface area contributed by atoms with Crippen LogP contribution in [0.25, 0.3) is 0 Å². The van der Waals surface area contributed by atoms with Gasteiger partial charge in [0, 0.05) is 6.42 Å². The van der Waals surface area contributed by atoms with Crippen LogP contribution >= 0.6 is 0 Å².